The lowest BCUT2D eigenvalue weighted by molar-refractivity contribution is -0.126. The van der Waals surface area contributed by atoms with E-state index in [9.17, 15) is 4.79 Å². The van der Waals surface area contributed by atoms with Gasteiger partial charge in [-0.3, -0.25) is 4.79 Å². The van der Waals surface area contributed by atoms with Gasteiger partial charge in [0.1, 0.15) is 0 Å². The zero-order valence-corrected chi connectivity index (χ0v) is 10.8. The lowest BCUT2D eigenvalue weighted by atomic mass is 9.94. The molecule has 2 rings (SSSR count). The number of nitrogens with one attached hydrogen (secondary N) is 1. The van der Waals surface area contributed by atoms with Gasteiger partial charge in [-0.1, -0.05) is 12.8 Å². The van der Waals surface area contributed by atoms with E-state index in [1.165, 1.54) is 19.3 Å². The average molecular weight is 242 g/mol. The number of hydrogen-bond donors (Lipinski definition) is 2. The van der Waals surface area contributed by atoms with Crippen molar-refractivity contribution >= 4 is 17.7 Å². The van der Waals surface area contributed by atoms with Crippen molar-refractivity contribution in [3.05, 3.63) is 0 Å². The van der Waals surface area contributed by atoms with Crippen LogP contribution in [0, 0.1) is 5.41 Å². The Bertz CT molecular complexity index is 266. The summed E-state index contributed by atoms with van der Waals surface area (Å²) in [6, 6.07) is 0.375. The molecule has 2 atom stereocenters. The number of thioether (sulfide) groups is 1. The van der Waals surface area contributed by atoms with E-state index in [1.54, 1.807) is 0 Å². The van der Waals surface area contributed by atoms with E-state index in [2.05, 4.69) is 11.6 Å². The summed E-state index contributed by atoms with van der Waals surface area (Å²) in [4.78, 5) is 12.1. The summed E-state index contributed by atoms with van der Waals surface area (Å²) in [5.41, 5.74) is 5.48. The molecule has 0 radical (unpaired) electrons. The molecular weight excluding hydrogens is 220 g/mol. The molecule has 0 aromatic carbocycles. The highest BCUT2D eigenvalue weighted by Crippen LogP contribution is 2.45. The summed E-state index contributed by atoms with van der Waals surface area (Å²) in [5.74, 6) is 0.209. The molecule has 2 saturated carbocycles. The van der Waals surface area contributed by atoms with Crippen LogP contribution in [0.4, 0.5) is 0 Å². The predicted molar refractivity (Wildman–Crippen MR) is 68.4 cm³/mol. The first kappa shape index (κ1) is 12.2. The Kier molecular flexibility index (Phi) is 3.80. The van der Waals surface area contributed by atoms with Crippen LogP contribution in [0.25, 0.3) is 0 Å². The quantitative estimate of drug-likeness (QED) is 0.786. The second-order valence-corrected chi connectivity index (χ2v) is 6.20. The minimum absolute atomic E-state index is 0.194. The van der Waals surface area contributed by atoms with Crippen LogP contribution in [0.15, 0.2) is 0 Å². The highest BCUT2D eigenvalue weighted by atomic mass is 32.2. The minimum Gasteiger partial charge on any atom is -0.352 e. The number of amides is 1. The van der Waals surface area contributed by atoms with Crippen molar-refractivity contribution in [2.75, 3.05) is 12.8 Å². The smallest absolute Gasteiger partial charge is 0.227 e. The third-order valence-corrected chi connectivity index (χ3v) is 5.22. The Morgan fingerprint density at radius 2 is 2.12 bits per heavy atom. The molecule has 1 amide bonds. The van der Waals surface area contributed by atoms with Crippen molar-refractivity contribution in [2.24, 2.45) is 11.1 Å². The molecule has 2 unspecified atom stereocenters. The van der Waals surface area contributed by atoms with E-state index in [0.717, 1.165) is 19.3 Å². The molecule has 3 nitrogen and oxygen atoms in total. The van der Waals surface area contributed by atoms with Crippen molar-refractivity contribution in [1.29, 1.82) is 0 Å². The van der Waals surface area contributed by atoms with Gasteiger partial charge in [-0.2, -0.15) is 11.8 Å². The molecule has 0 bridgehead atoms. The van der Waals surface area contributed by atoms with Crippen LogP contribution in [0.1, 0.15) is 38.5 Å². The van der Waals surface area contributed by atoms with Crippen LogP contribution in [0.5, 0.6) is 0 Å². The maximum atomic E-state index is 12.1. The number of nitrogens with two attached hydrogens (primary N) is 1. The fraction of sp³-hybridized carbons (Fsp3) is 0.917. The van der Waals surface area contributed by atoms with Gasteiger partial charge in [0.15, 0.2) is 0 Å². The average Bonchev–Trinajstić information content (AvgIpc) is 3.10. The van der Waals surface area contributed by atoms with Gasteiger partial charge < -0.3 is 11.1 Å². The number of carbonyl (C=O) groups is 1. The summed E-state index contributed by atoms with van der Waals surface area (Å²) < 4.78 is 0. The second kappa shape index (κ2) is 4.96. The van der Waals surface area contributed by atoms with E-state index < -0.39 is 0 Å². The first-order valence-corrected chi connectivity index (χ1v) is 7.54. The predicted octanol–water partition coefficient (Wildman–Crippen LogP) is 1.52. The van der Waals surface area contributed by atoms with Gasteiger partial charge in [-0.15, -0.1) is 0 Å². The molecule has 2 aliphatic rings. The van der Waals surface area contributed by atoms with Gasteiger partial charge in [-0.05, 0) is 31.9 Å². The van der Waals surface area contributed by atoms with Crippen molar-refractivity contribution < 1.29 is 4.79 Å². The number of rotatable bonds is 4. The van der Waals surface area contributed by atoms with Crippen LogP contribution in [-0.4, -0.2) is 30.0 Å². The molecule has 0 aromatic rings. The highest BCUT2D eigenvalue weighted by Gasteiger charge is 2.49. The zero-order chi connectivity index (χ0) is 11.6. The van der Waals surface area contributed by atoms with Crippen molar-refractivity contribution in [1.82, 2.24) is 5.32 Å². The second-order valence-electron chi connectivity index (χ2n) is 5.12. The van der Waals surface area contributed by atoms with Crippen molar-refractivity contribution in [3.8, 4) is 0 Å². The summed E-state index contributed by atoms with van der Waals surface area (Å²) in [5, 5.41) is 3.84. The van der Waals surface area contributed by atoms with Gasteiger partial charge in [0.2, 0.25) is 5.91 Å². The van der Waals surface area contributed by atoms with Gasteiger partial charge in [0, 0.05) is 17.8 Å². The molecule has 0 saturated heterocycles. The lowest BCUT2D eigenvalue weighted by Gasteiger charge is -2.32. The van der Waals surface area contributed by atoms with Crippen LogP contribution >= 0.6 is 11.8 Å². The molecule has 92 valence electrons. The molecule has 0 aromatic heterocycles. The van der Waals surface area contributed by atoms with E-state index in [0.29, 0.717) is 17.8 Å². The first-order valence-electron chi connectivity index (χ1n) is 6.26. The largest absolute Gasteiger partial charge is 0.352 e. The topological polar surface area (TPSA) is 55.1 Å². The minimum atomic E-state index is -0.194. The number of carbonyl (C=O) groups excluding carboxylic acids is 1. The highest BCUT2D eigenvalue weighted by molar-refractivity contribution is 7.99. The standard InChI is InChI=1S/C12H22N2OS/c1-16-10-5-3-2-4-9(10)14-11(15)12(8-13)6-7-12/h9-10H,2-8,13H2,1H3,(H,14,15). The Morgan fingerprint density at radius 1 is 1.44 bits per heavy atom. The van der Waals surface area contributed by atoms with Gasteiger partial charge in [-0.25, -0.2) is 0 Å². The van der Waals surface area contributed by atoms with Crippen molar-refractivity contribution in [3.63, 3.8) is 0 Å². The maximum Gasteiger partial charge on any atom is 0.227 e. The Hall–Kier alpha value is -0.220. The number of hydrogen-bond acceptors (Lipinski definition) is 3. The van der Waals surface area contributed by atoms with E-state index in [1.807, 2.05) is 11.8 Å². The molecule has 0 aliphatic heterocycles. The Balaban J connectivity index is 1.90. The molecule has 0 heterocycles. The third kappa shape index (κ3) is 2.38. The molecule has 16 heavy (non-hydrogen) atoms. The fourth-order valence-corrected chi connectivity index (χ4v) is 3.48. The zero-order valence-electron chi connectivity index (χ0n) is 10.00. The van der Waals surface area contributed by atoms with E-state index in [-0.39, 0.29) is 11.3 Å². The summed E-state index contributed by atoms with van der Waals surface area (Å²) >= 11 is 1.89. The molecule has 3 N–H and O–H groups in total. The van der Waals surface area contributed by atoms with Gasteiger partial charge in [0.05, 0.1) is 5.41 Å². The van der Waals surface area contributed by atoms with Crippen LogP contribution in [-0.2, 0) is 4.79 Å². The first-order chi connectivity index (χ1) is 7.72. The van der Waals surface area contributed by atoms with Gasteiger partial charge in [0.25, 0.3) is 0 Å². The Labute approximate surface area is 102 Å². The Morgan fingerprint density at radius 3 is 2.69 bits per heavy atom. The normalized spacial score (nSPS) is 32.1. The van der Waals surface area contributed by atoms with E-state index in [4.69, 9.17) is 5.73 Å². The monoisotopic (exact) mass is 242 g/mol. The molecule has 2 fully saturated rings. The molecular formula is C12H22N2OS. The van der Waals surface area contributed by atoms with Crippen LogP contribution < -0.4 is 11.1 Å². The third-order valence-electron chi connectivity index (χ3n) is 4.05. The van der Waals surface area contributed by atoms with Crippen molar-refractivity contribution in [2.45, 2.75) is 49.8 Å². The molecule has 2 aliphatic carbocycles. The lowest BCUT2D eigenvalue weighted by Crippen LogP contribution is -2.48. The SMILES string of the molecule is CSC1CCCCC1NC(=O)C1(CN)CC1. The van der Waals surface area contributed by atoms with E-state index >= 15 is 0 Å². The molecule has 4 heteroatoms. The summed E-state index contributed by atoms with van der Waals surface area (Å²) in [6.07, 6.45) is 9.03. The fourth-order valence-electron chi connectivity index (χ4n) is 2.54. The summed E-state index contributed by atoms with van der Waals surface area (Å²) in [6.45, 7) is 0.509. The van der Waals surface area contributed by atoms with Crippen LogP contribution in [0.2, 0.25) is 0 Å². The molecule has 0 spiro atoms. The summed E-state index contributed by atoms with van der Waals surface area (Å²) in [7, 11) is 0. The van der Waals surface area contributed by atoms with Gasteiger partial charge >= 0.3 is 0 Å². The maximum absolute atomic E-state index is 12.1. The van der Waals surface area contributed by atoms with Crippen LogP contribution in [0.3, 0.4) is 0 Å².